The van der Waals surface area contributed by atoms with Crippen molar-refractivity contribution in [2.75, 3.05) is 18.5 Å². The summed E-state index contributed by atoms with van der Waals surface area (Å²) in [5.74, 6) is -0.278. The summed E-state index contributed by atoms with van der Waals surface area (Å²) in [6.45, 7) is 1.37. The van der Waals surface area contributed by atoms with Crippen LogP contribution in [0.4, 0.5) is 5.82 Å². The van der Waals surface area contributed by atoms with Crippen molar-refractivity contribution < 1.29 is 14.6 Å². The summed E-state index contributed by atoms with van der Waals surface area (Å²) in [5, 5.41) is 11.7. The first-order valence-corrected chi connectivity index (χ1v) is 4.29. The first kappa shape index (κ1) is 8.96. The molecule has 0 bridgehead atoms. The SMILES string of the molecule is O=C(O)c1ccc(NC2COC2)nc1. The molecule has 14 heavy (non-hydrogen) atoms. The summed E-state index contributed by atoms with van der Waals surface area (Å²) in [4.78, 5) is 14.5. The normalized spacial score (nSPS) is 16.0. The maximum atomic E-state index is 10.5. The first-order chi connectivity index (χ1) is 6.75. The van der Waals surface area contributed by atoms with Gasteiger partial charge in [-0.1, -0.05) is 0 Å². The Morgan fingerprint density at radius 1 is 1.57 bits per heavy atom. The molecule has 0 radical (unpaired) electrons. The lowest BCUT2D eigenvalue weighted by molar-refractivity contribution is 0.0209. The van der Waals surface area contributed by atoms with Gasteiger partial charge in [0, 0.05) is 6.20 Å². The van der Waals surface area contributed by atoms with Crippen LogP contribution in [0.15, 0.2) is 18.3 Å². The lowest BCUT2D eigenvalue weighted by Crippen LogP contribution is -2.40. The molecule has 0 saturated carbocycles. The van der Waals surface area contributed by atoms with E-state index in [0.717, 1.165) is 0 Å². The number of hydrogen-bond donors (Lipinski definition) is 2. The van der Waals surface area contributed by atoms with E-state index in [1.165, 1.54) is 12.3 Å². The molecule has 2 N–H and O–H groups in total. The number of nitrogens with zero attached hydrogens (tertiary/aromatic N) is 1. The quantitative estimate of drug-likeness (QED) is 0.736. The van der Waals surface area contributed by atoms with E-state index < -0.39 is 5.97 Å². The van der Waals surface area contributed by atoms with Crippen LogP contribution in [0.3, 0.4) is 0 Å². The lowest BCUT2D eigenvalue weighted by atomic mass is 10.2. The van der Waals surface area contributed by atoms with Crippen molar-refractivity contribution in [1.29, 1.82) is 0 Å². The van der Waals surface area contributed by atoms with Crippen molar-refractivity contribution in [2.24, 2.45) is 0 Å². The maximum Gasteiger partial charge on any atom is 0.337 e. The molecule has 0 unspecified atom stereocenters. The maximum absolute atomic E-state index is 10.5. The average molecular weight is 194 g/mol. The second kappa shape index (κ2) is 3.63. The Balaban J connectivity index is 2.01. The average Bonchev–Trinajstić information content (AvgIpc) is 2.12. The molecular weight excluding hydrogens is 184 g/mol. The van der Waals surface area contributed by atoms with Gasteiger partial charge in [0.15, 0.2) is 0 Å². The Morgan fingerprint density at radius 3 is 2.79 bits per heavy atom. The first-order valence-electron chi connectivity index (χ1n) is 4.29. The van der Waals surface area contributed by atoms with E-state index in [9.17, 15) is 4.79 Å². The van der Waals surface area contributed by atoms with Gasteiger partial charge in [0.1, 0.15) is 5.82 Å². The molecular formula is C9H10N2O3. The van der Waals surface area contributed by atoms with Crippen molar-refractivity contribution >= 4 is 11.8 Å². The summed E-state index contributed by atoms with van der Waals surface area (Å²) in [6.07, 6.45) is 1.34. The van der Waals surface area contributed by atoms with Gasteiger partial charge in [-0.05, 0) is 12.1 Å². The fourth-order valence-electron chi connectivity index (χ4n) is 1.13. The van der Waals surface area contributed by atoms with E-state index in [1.54, 1.807) is 6.07 Å². The molecule has 1 saturated heterocycles. The van der Waals surface area contributed by atoms with Crippen LogP contribution in [-0.2, 0) is 4.74 Å². The number of aromatic carboxylic acids is 1. The standard InChI is InChI=1S/C9H10N2O3/c12-9(13)6-1-2-8(10-3-6)11-7-4-14-5-7/h1-3,7H,4-5H2,(H,10,11)(H,12,13). The lowest BCUT2D eigenvalue weighted by Gasteiger charge is -2.27. The van der Waals surface area contributed by atoms with Gasteiger partial charge in [0.25, 0.3) is 0 Å². The van der Waals surface area contributed by atoms with Crippen LogP contribution in [0.5, 0.6) is 0 Å². The van der Waals surface area contributed by atoms with Gasteiger partial charge in [-0.15, -0.1) is 0 Å². The van der Waals surface area contributed by atoms with E-state index in [2.05, 4.69) is 10.3 Å². The molecule has 1 fully saturated rings. The number of pyridine rings is 1. The Morgan fingerprint density at radius 2 is 2.36 bits per heavy atom. The minimum Gasteiger partial charge on any atom is -0.478 e. The Bertz CT molecular complexity index is 332. The summed E-state index contributed by atoms with van der Waals surface area (Å²) in [6, 6.07) is 3.48. The highest BCUT2D eigenvalue weighted by Crippen LogP contribution is 2.10. The highest BCUT2D eigenvalue weighted by Gasteiger charge is 2.18. The monoisotopic (exact) mass is 194 g/mol. The van der Waals surface area contributed by atoms with Crippen LogP contribution in [0.1, 0.15) is 10.4 Å². The third-order valence-electron chi connectivity index (χ3n) is 2.00. The number of nitrogens with one attached hydrogen (secondary N) is 1. The Hall–Kier alpha value is -1.62. The van der Waals surface area contributed by atoms with Gasteiger partial charge in [-0.25, -0.2) is 9.78 Å². The molecule has 0 aliphatic carbocycles. The van der Waals surface area contributed by atoms with Crippen molar-refractivity contribution in [2.45, 2.75) is 6.04 Å². The summed E-state index contributed by atoms with van der Waals surface area (Å²) < 4.78 is 4.98. The fraction of sp³-hybridized carbons (Fsp3) is 0.333. The van der Waals surface area contributed by atoms with E-state index in [1.807, 2.05) is 0 Å². The van der Waals surface area contributed by atoms with Crippen molar-refractivity contribution in [3.05, 3.63) is 23.9 Å². The number of ether oxygens (including phenoxy) is 1. The van der Waals surface area contributed by atoms with Crippen LogP contribution < -0.4 is 5.32 Å². The van der Waals surface area contributed by atoms with E-state index in [-0.39, 0.29) is 5.56 Å². The largest absolute Gasteiger partial charge is 0.478 e. The molecule has 2 heterocycles. The number of carboxylic acids is 1. The third-order valence-corrected chi connectivity index (χ3v) is 2.00. The Labute approximate surface area is 80.7 Å². The van der Waals surface area contributed by atoms with Crippen LogP contribution in [-0.4, -0.2) is 35.3 Å². The van der Waals surface area contributed by atoms with Gasteiger partial charge in [-0.3, -0.25) is 0 Å². The molecule has 2 rings (SSSR count). The smallest absolute Gasteiger partial charge is 0.337 e. The second-order valence-corrected chi connectivity index (χ2v) is 3.12. The zero-order chi connectivity index (χ0) is 9.97. The van der Waals surface area contributed by atoms with Crippen LogP contribution >= 0.6 is 0 Å². The van der Waals surface area contributed by atoms with Crippen LogP contribution in [0, 0.1) is 0 Å². The molecule has 1 aliphatic heterocycles. The second-order valence-electron chi connectivity index (χ2n) is 3.12. The van der Waals surface area contributed by atoms with Gasteiger partial charge in [0.2, 0.25) is 0 Å². The molecule has 74 valence electrons. The van der Waals surface area contributed by atoms with Crippen LogP contribution in [0.2, 0.25) is 0 Å². The summed E-state index contributed by atoms with van der Waals surface area (Å²) in [7, 11) is 0. The number of hydrogen-bond acceptors (Lipinski definition) is 4. The molecule has 5 nitrogen and oxygen atoms in total. The number of carbonyl (C=O) groups is 1. The third kappa shape index (κ3) is 1.82. The van der Waals surface area contributed by atoms with E-state index in [4.69, 9.17) is 9.84 Å². The molecule has 0 amide bonds. The molecule has 0 spiro atoms. The number of carboxylic acid groups (broad SMARTS) is 1. The van der Waals surface area contributed by atoms with Crippen molar-refractivity contribution in [1.82, 2.24) is 4.98 Å². The topological polar surface area (TPSA) is 71.5 Å². The zero-order valence-corrected chi connectivity index (χ0v) is 7.43. The number of anilines is 1. The molecule has 0 atom stereocenters. The molecule has 5 heteroatoms. The predicted octanol–water partition coefficient (Wildman–Crippen LogP) is 0.590. The summed E-state index contributed by atoms with van der Waals surface area (Å²) >= 11 is 0. The highest BCUT2D eigenvalue weighted by atomic mass is 16.5. The van der Waals surface area contributed by atoms with Crippen LogP contribution in [0.25, 0.3) is 0 Å². The predicted molar refractivity (Wildman–Crippen MR) is 49.4 cm³/mol. The molecule has 0 aromatic carbocycles. The number of rotatable bonds is 3. The minimum absolute atomic E-state index is 0.195. The highest BCUT2D eigenvalue weighted by molar-refractivity contribution is 5.87. The molecule has 1 aromatic heterocycles. The van der Waals surface area contributed by atoms with E-state index >= 15 is 0 Å². The minimum atomic E-state index is -0.962. The molecule has 1 aliphatic rings. The van der Waals surface area contributed by atoms with Gasteiger partial charge in [0.05, 0.1) is 24.8 Å². The summed E-state index contributed by atoms with van der Waals surface area (Å²) in [5.41, 5.74) is 0.195. The fourth-order valence-corrected chi connectivity index (χ4v) is 1.13. The van der Waals surface area contributed by atoms with Gasteiger partial charge < -0.3 is 15.2 Å². The number of aromatic nitrogens is 1. The van der Waals surface area contributed by atoms with Gasteiger partial charge in [-0.2, -0.15) is 0 Å². The van der Waals surface area contributed by atoms with Crippen molar-refractivity contribution in [3.8, 4) is 0 Å². The van der Waals surface area contributed by atoms with E-state index in [0.29, 0.717) is 25.1 Å². The molecule has 1 aromatic rings. The van der Waals surface area contributed by atoms with Crippen molar-refractivity contribution in [3.63, 3.8) is 0 Å². The zero-order valence-electron chi connectivity index (χ0n) is 7.43. The van der Waals surface area contributed by atoms with Gasteiger partial charge >= 0.3 is 5.97 Å². The Kier molecular flexibility index (Phi) is 2.32.